The number of carbonyl (C=O) groups excluding carboxylic acids is 4. The van der Waals surface area contributed by atoms with E-state index >= 15 is 0 Å². The van der Waals surface area contributed by atoms with Crippen molar-refractivity contribution < 1.29 is 28.7 Å². The minimum absolute atomic E-state index is 0.0256. The van der Waals surface area contributed by atoms with Gasteiger partial charge in [-0.05, 0) is 86.6 Å². The van der Waals surface area contributed by atoms with Crippen LogP contribution in [0.25, 0.3) is 6.08 Å². The molecule has 1 heterocycles. The first-order valence-electron chi connectivity index (χ1n) is 16.6. The highest BCUT2D eigenvalue weighted by Gasteiger charge is 2.30. The van der Waals surface area contributed by atoms with Gasteiger partial charge in [-0.3, -0.25) is 14.4 Å². The molecule has 0 saturated heterocycles. The summed E-state index contributed by atoms with van der Waals surface area (Å²) in [6.45, 7) is 6.16. The smallest absolute Gasteiger partial charge is 0.341 e. The second-order valence-electron chi connectivity index (χ2n) is 11.9. The quantitative estimate of drug-likeness (QED) is 0.0730. The molecule has 0 saturated carbocycles. The van der Waals surface area contributed by atoms with Gasteiger partial charge < -0.3 is 25.4 Å². The van der Waals surface area contributed by atoms with Crippen LogP contribution in [-0.4, -0.2) is 42.7 Å². The number of thioether (sulfide) groups is 1. The van der Waals surface area contributed by atoms with Crippen molar-refractivity contribution >= 4 is 63.6 Å². The molecule has 5 rings (SSSR count). The molecule has 2 unspecified atom stereocenters. The van der Waals surface area contributed by atoms with Crippen molar-refractivity contribution in [3.05, 3.63) is 112 Å². The molecule has 1 aromatic heterocycles. The number of ether oxygens (including phenoxy) is 2. The first kappa shape index (κ1) is 36.4. The van der Waals surface area contributed by atoms with Crippen LogP contribution >= 0.6 is 23.1 Å². The van der Waals surface area contributed by atoms with Gasteiger partial charge in [0.05, 0.1) is 24.5 Å². The number of esters is 1. The Morgan fingerprint density at radius 2 is 1.74 bits per heavy atom. The van der Waals surface area contributed by atoms with Crippen LogP contribution in [0.4, 0.5) is 10.7 Å². The van der Waals surface area contributed by atoms with Crippen LogP contribution in [-0.2, 0) is 27.2 Å². The number of benzene rings is 3. The predicted molar refractivity (Wildman–Crippen MR) is 200 cm³/mol. The molecule has 3 N–H and O–H groups in total. The summed E-state index contributed by atoms with van der Waals surface area (Å²) in [6.07, 6.45) is 4.74. The largest absolute Gasteiger partial charge is 0.496 e. The fourth-order valence-electron chi connectivity index (χ4n) is 5.67. The van der Waals surface area contributed by atoms with Gasteiger partial charge in [0, 0.05) is 26.6 Å². The van der Waals surface area contributed by atoms with E-state index in [2.05, 4.69) is 22.9 Å². The van der Waals surface area contributed by atoms with E-state index in [1.165, 1.54) is 30.2 Å². The van der Waals surface area contributed by atoms with Crippen molar-refractivity contribution in [2.24, 2.45) is 5.92 Å². The topological polar surface area (TPSA) is 123 Å². The van der Waals surface area contributed by atoms with E-state index < -0.39 is 23.0 Å². The number of anilines is 2. The normalized spacial score (nSPS) is 14.6. The van der Waals surface area contributed by atoms with Gasteiger partial charge in [-0.1, -0.05) is 56.3 Å². The highest BCUT2D eigenvalue weighted by Crippen LogP contribution is 2.41. The Hall–Kier alpha value is -4.87. The molecule has 1 aliphatic rings. The third kappa shape index (κ3) is 9.02. The fraction of sp³-hybridized carbons (Fsp3) is 0.282. The number of fused-ring (bicyclic) bond motifs is 1. The lowest BCUT2D eigenvalue weighted by Gasteiger charge is -2.18. The van der Waals surface area contributed by atoms with Crippen LogP contribution in [0.3, 0.4) is 0 Å². The lowest BCUT2D eigenvalue weighted by atomic mass is 9.88. The predicted octanol–water partition coefficient (Wildman–Crippen LogP) is 7.98. The van der Waals surface area contributed by atoms with Crippen LogP contribution in [0.15, 0.2) is 89.5 Å². The number of thiophene rings is 1. The summed E-state index contributed by atoms with van der Waals surface area (Å²) in [6, 6.07) is 23.0. The van der Waals surface area contributed by atoms with Gasteiger partial charge in [-0.15, -0.1) is 23.1 Å². The lowest BCUT2D eigenvalue weighted by molar-refractivity contribution is -0.116. The molecule has 0 radical (unpaired) electrons. The average Bonchev–Trinajstić information content (AvgIpc) is 3.47. The highest BCUT2D eigenvalue weighted by atomic mass is 32.2. The molecule has 50 heavy (non-hydrogen) atoms. The molecular formula is C39H41N3O6S2. The van der Waals surface area contributed by atoms with Gasteiger partial charge in [0.2, 0.25) is 5.91 Å². The maximum absolute atomic E-state index is 13.7. The Balaban J connectivity index is 1.33. The SMILES string of the molecule is CCOC(=O)c1c(NC(=O)C(CC)Sc2cccc(NC(=O)/C(=C\c3ccccc3OC)NC(=O)c3ccccc3)c2)sc2c1CCC(C)C2. The molecule has 4 aromatic rings. The number of hydrogen-bond donors (Lipinski definition) is 3. The number of para-hydroxylation sites is 1. The van der Waals surface area contributed by atoms with Gasteiger partial charge in [0.1, 0.15) is 16.4 Å². The molecule has 2 atom stereocenters. The van der Waals surface area contributed by atoms with Crippen molar-refractivity contribution in [3.8, 4) is 5.75 Å². The van der Waals surface area contributed by atoms with Crippen LogP contribution < -0.4 is 20.7 Å². The second-order valence-corrected chi connectivity index (χ2v) is 14.3. The van der Waals surface area contributed by atoms with E-state index in [4.69, 9.17) is 9.47 Å². The van der Waals surface area contributed by atoms with Crippen molar-refractivity contribution in [1.29, 1.82) is 0 Å². The van der Waals surface area contributed by atoms with Crippen molar-refractivity contribution in [1.82, 2.24) is 5.32 Å². The molecule has 0 fully saturated rings. The van der Waals surface area contributed by atoms with Gasteiger partial charge in [-0.25, -0.2) is 4.79 Å². The third-order valence-electron chi connectivity index (χ3n) is 8.23. The molecule has 260 valence electrons. The lowest BCUT2D eigenvalue weighted by Crippen LogP contribution is -2.30. The third-order valence-corrected chi connectivity index (χ3v) is 10.8. The fourth-order valence-corrected chi connectivity index (χ4v) is 8.08. The minimum Gasteiger partial charge on any atom is -0.496 e. The highest BCUT2D eigenvalue weighted by molar-refractivity contribution is 8.00. The van der Waals surface area contributed by atoms with E-state index in [-0.39, 0.29) is 18.2 Å². The second kappa shape index (κ2) is 17.2. The zero-order valence-electron chi connectivity index (χ0n) is 28.5. The van der Waals surface area contributed by atoms with Crippen molar-refractivity contribution in [3.63, 3.8) is 0 Å². The summed E-state index contributed by atoms with van der Waals surface area (Å²) in [7, 11) is 1.54. The summed E-state index contributed by atoms with van der Waals surface area (Å²) >= 11 is 2.83. The van der Waals surface area contributed by atoms with Gasteiger partial charge in [0.15, 0.2) is 0 Å². The number of nitrogens with one attached hydrogen (secondary N) is 3. The van der Waals surface area contributed by atoms with E-state index in [1.54, 1.807) is 67.6 Å². The Kier molecular flexibility index (Phi) is 12.5. The van der Waals surface area contributed by atoms with Gasteiger partial charge in [-0.2, -0.15) is 0 Å². The summed E-state index contributed by atoms with van der Waals surface area (Å²) < 4.78 is 10.8. The van der Waals surface area contributed by atoms with Gasteiger partial charge in [0.25, 0.3) is 11.8 Å². The average molecular weight is 712 g/mol. The van der Waals surface area contributed by atoms with Crippen LogP contribution in [0.2, 0.25) is 0 Å². The molecule has 3 aromatic carbocycles. The summed E-state index contributed by atoms with van der Waals surface area (Å²) in [4.78, 5) is 55.3. The molecule has 0 bridgehead atoms. The van der Waals surface area contributed by atoms with E-state index in [0.29, 0.717) is 45.5 Å². The van der Waals surface area contributed by atoms with E-state index in [9.17, 15) is 19.2 Å². The number of hydrogen-bond acceptors (Lipinski definition) is 8. The number of carbonyl (C=O) groups is 4. The Morgan fingerprint density at radius 1 is 0.980 bits per heavy atom. The Morgan fingerprint density at radius 3 is 2.48 bits per heavy atom. The first-order valence-corrected chi connectivity index (χ1v) is 18.3. The minimum atomic E-state index is -0.533. The van der Waals surface area contributed by atoms with Crippen LogP contribution in [0.1, 0.15) is 70.3 Å². The van der Waals surface area contributed by atoms with Crippen molar-refractivity contribution in [2.45, 2.75) is 56.6 Å². The molecule has 3 amide bonds. The monoisotopic (exact) mass is 711 g/mol. The zero-order chi connectivity index (χ0) is 35.6. The van der Waals surface area contributed by atoms with Crippen LogP contribution in [0.5, 0.6) is 5.75 Å². The van der Waals surface area contributed by atoms with E-state index in [1.807, 2.05) is 31.2 Å². The van der Waals surface area contributed by atoms with E-state index in [0.717, 1.165) is 34.6 Å². The van der Waals surface area contributed by atoms with Crippen molar-refractivity contribution in [2.75, 3.05) is 24.4 Å². The molecular weight excluding hydrogens is 671 g/mol. The summed E-state index contributed by atoms with van der Waals surface area (Å²) in [5, 5.41) is 8.76. The number of rotatable bonds is 13. The molecule has 1 aliphatic carbocycles. The molecule has 11 heteroatoms. The Bertz CT molecular complexity index is 1890. The maximum atomic E-state index is 13.7. The number of amides is 3. The summed E-state index contributed by atoms with van der Waals surface area (Å²) in [5.41, 5.74) is 3.00. The van der Waals surface area contributed by atoms with Crippen LogP contribution in [0, 0.1) is 5.92 Å². The molecule has 9 nitrogen and oxygen atoms in total. The Labute approximate surface area is 300 Å². The standard InChI is InChI=1S/C39H41N3O6S2/c1-5-32(37(45)42-38-34(39(46)48-6-2)29-20-19-24(3)21-33(29)50-38)49-28-17-12-16-27(23-28)40-36(44)30(22-26-15-10-11-18-31(26)47-4)41-35(43)25-13-8-7-9-14-25/h7-18,22-24,32H,5-6,19-21H2,1-4H3,(H,40,44)(H,41,43)(H,42,45)/b30-22+. The zero-order valence-corrected chi connectivity index (χ0v) is 30.2. The number of methoxy groups -OCH3 is 1. The maximum Gasteiger partial charge on any atom is 0.341 e. The molecule has 0 spiro atoms. The molecule has 0 aliphatic heterocycles. The van der Waals surface area contributed by atoms with Gasteiger partial charge >= 0.3 is 5.97 Å². The summed E-state index contributed by atoms with van der Waals surface area (Å²) in [5.74, 6) is -0.530. The first-order chi connectivity index (χ1) is 24.2.